The van der Waals surface area contributed by atoms with Crippen LogP contribution in [0.2, 0.25) is 0 Å². The first-order valence-electron chi connectivity index (χ1n) is 2.81. The summed E-state index contributed by atoms with van der Waals surface area (Å²) in [6, 6.07) is 1.61. The van der Waals surface area contributed by atoms with Gasteiger partial charge in [-0.1, -0.05) is 0 Å². The van der Waals surface area contributed by atoms with Crippen LogP contribution in [0, 0.1) is 11.3 Å². The van der Waals surface area contributed by atoms with Gasteiger partial charge in [-0.15, -0.1) is 4.24 Å². The van der Waals surface area contributed by atoms with Crippen LogP contribution in [0.25, 0.3) is 0 Å². The molecule has 0 saturated carbocycles. The third-order valence-corrected chi connectivity index (χ3v) is 1.23. The average Bonchev–Trinajstić information content (AvgIpc) is 1.88. The van der Waals surface area contributed by atoms with Crippen molar-refractivity contribution in [1.82, 2.24) is 0 Å². The van der Waals surface area contributed by atoms with Gasteiger partial charge >= 0.3 is 35.5 Å². The zero-order valence-corrected chi connectivity index (χ0v) is 10.5. The quantitative estimate of drug-likeness (QED) is 0.140. The fourth-order valence-corrected chi connectivity index (χ4v) is 0.654. The summed E-state index contributed by atoms with van der Waals surface area (Å²) in [6.07, 6.45) is 0. The van der Waals surface area contributed by atoms with Crippen LogP contribution >= 0.6 is 12.6 Å². The summed E-state index contributed by atoms with van der Waals surface area (Å²) < 4.78 is 4.49. The molecule has 6 heteroatoms. The topological polar surface area (TPSA) is 50.1 Å². The van der Waals surface area contributed by atoms with E-state index < -0.39 is 5.97 Å². The van der Waals surface area contributed by atoms with Crippen LogP contribution < -0.4 is 29.6 Å². The molecule has 0 aromatic rings. The summed E-state index contributed by atoms with van der Waals surface area (Å²) in [6.45, 7) is 1.87. The predicted molar refractivity (Wildman–Crippen MR) is 45.6 cm³/mol. The van der Waals surface area contributed by atoms with Gasteiger partial charge < -0.3 is 17.4 Å². The van der Waals surface area contributed by atoms with Crippen LogP contribution in [0.1, 0.15) is 6.92 Å². The predicted octanol–water partition coefficient (Wildman–Crippen LogP) is -2.23. The molecule has 0 heterocycles. The number of hydrogen-bond donors (Lipinski definition) is 1. The molecule has 0 spiro atoms. The number of esters is 1. The molecule has 3 nitrogen and oxygen atoms in total. The van der Waals surface area contributed by atoms with Crippen molar-refractivity contribution in [1.29, 1.82) is 5.26 Å². The maximum atomic E-state index is 10.8. The molecule has 0 atom stereocenters. The van der Waals surface area contributed by atoms with Crippen molar-refractivity contribution in [2.45, 2.75) is 6.92 Å². The number of rotatable bonds is 2. The largest absolute Gasteiger partial charge is 1.00 e. The normalized spacial score (nSPS) is 10.4. The van der Waals surface area contributed by atoms with Crippen LogP contribution in [0.5, 0.6) is 0 Å². The Bertz CT molecular complexity index is 230. The van der Waals surface area contributed by atoms with E-state index in [2.05, 4.69) is 30.0 Å². The number of thiol groups is 1. The van der Waals surface area contributed by atoms with Gasteiger partial charge in [-0.05, 0) is 6.92 Å². The number of ether oxygens (including phenoxy) is 1. The summed E-state index contributed by atoms with van der Waals surface area (Å²) in [5, 5.41) is 8.37. The minimum Gasteiger partial charge on any atom is -0.772 e. The van der Waals surface area contributed by atoms with Crippen LogP contribution in [-0.4, -0.2) is 12.6 Å². The number of carbonyl (C=O) groups excluding carboxylic acids is 1. The second-order valence-corrected chi connectivity index (χ2v) is 2.67. The smallest absolute Gasteiger partial charge is 0.772 e. The van der Waals surface area contributed by atoms with E-state index in [1.807, 2.05) is 0 Å². The number of carbonyl (C=O) groups is 1. The van der Waals surface area contributed by atoms with E-state index in [4.69, 9.17) is 5.26 Å². The molecule has 0 N–H and O–H groups in total. The fourth-order valence-electron chi connectivity index (χ4n) is 0.384. The van der Waals surface area contributed by atoms with Gasteiger partial charge in [0.1, 0.15) is 11.6 Å². The Labute approximate surface area is 104 Å². The van der Waals surface area contributed by atoms with Gasteiger partial charge in [0.2, 0.25) is 0 Å². The van der Waals surface area contributed by atoms with Gasteiger partial charge in [0, 0.05) is 0 Å². The molecule has 0 bridgehead atoms. The molecule has 0 saturated heterocycles. The van der Waals surface area contributed by atoms with Crippen molar-refractivity contribution in [3.05, 3.63) is 9.81 Å². The molecule has 0 aliphatic rings. The summed E-state index contributed by atoms with van der Waals surface area (Å²) in [5.41, 5.74) is -0.217. The summed E-state index contributed by atoms with van der Waals surface area (Å²) in [5.74, 6) is -0.713. The Kier molecular flexibility index (Phi) is 9.72. The molecule has 0 rings (SSSR count). The zero-order valence-electron chi connectivity index (χ0n) is 6.83. The van der Waals surface area contributed by atoms with Gasteiger partial charge in [0.25, 0.3) is 0 Å². The molecule has 12 heavy (non-hydrogen) atoms. The van der Waals surface area contributed by atoms with E-state index in [9.17, 15) is 4.79 Å². The van der Waals surface area contributed by atoms with E-state index >= 15 is 0 Å². The zero-order chi connectivity index (χ0) is 8.85. The Morgan fingerprint density at radius 3 is 2.50 bits per heavy atom. The Balaban J connectivity index is 0. The van der Waals surface area contributed by atoms with Crippen molar-refractivity contribution in [3.8, 4) is 6.07 Å². The minimum absolute atomic E-state index is 0. The monoisotopic (exact) mass is 211 g/mol. The van der Waals surface area contributed by atoms with Crippen molar-refractivity contribution in [3.63, 3.8) is 0 Å². The van der Waals surface area contributed by atoms with E-state index in [0.29, 0.717) is 0 Å². The Hall–Kier alpha value is 0.270. The van der Waals surface area contributed by atoms with E-state index in [-0.39, 0.29) is 46.0 Å². The molecule has 0 aromatic heterocycles. The fraction of sp³-hybridized carbons (Fsp3) is 0.333. The van der Waals surface area contributed by atoms with Crippen molar-refractivity contribution in [2.75, 3.05) is 6.61 Å². The SMILES string of the molecule is CCOC(=O)C(C#N)=C([S-])S.[Na+]. The number of hydrogen-bond acceptors (Lipinski definition) is 5. The third kappa shape index (κ3) is 5.01. The van der Waals surface area contributed by atoms with E-state index in [0.717, 1.165) is 0 Å². The number of nitrogens with zero attached hydrogens (tertiary/aromatic N) is 1. The summed E-state index contributed by atoms with van der Waals surface area (Å²) in [7, 11) is 0. The molecule has 0 aromatic carbocycles. The average molecular weight is 211 g/mol. The standard InChI is InChI=1S/C6H7NO2S2.Na/c1-2-9-5(8)4(3-7)6(10)11;/h10-11H,2H2,1H3;/q;+1/p-1. The first kappa shape index (κ1) is 14.8. The molecule has 0 unspecified atom stereocenters. The van der Waals surface area contributed by atoms with E-state index in [1.54, 1.807) is 13.0 Å². The second-order valence-electron chi connectivity index (χ2n) is 1.51. The minimum atomic E-state index is -0.713. The van der Waals surface area contributed by atoms with Crippen molar-refractivity contribution < 1.29 is 39.1 Å². The molecule has 0 fully saturated rings. The first-order chi connectivity index (χ1) is 5.13. The first-order valence-corrected chi connectivity index (χ1v) is 3.66. The molecule has 0 amide bonds. The van der Waals surface area contributed by atoms with Gasteiger partial charge in [-0.25, -0.2) is 4.79 Å². The van der Waals surface area contributed by atoms with Crippen LogP contribution in [0.4, 0.5) is 0 Å². The van der Waals surface area contributed by atoms with Gasteiger partial charge in [-0.3, -0.25) is 0 Å². The van der Waals surface area contributed by atoms with Crippen molar-refractivity contribution in [2.24, 2.45) is 0 Å². The maximum Gasteiger partial charge on any atom is 1.00 e. The molecule has 0 aliphatic carbocycles. The molecule has 60 valence electrons. The Morgan fingerprint density at radius 2 is 2.25 bits per heavy atom. The molecule has 0 radical (unpaired) electrons. The maximum absolute atomic E-state index is 10.8. The van der Waals surface area contributed by atoms with Crippen LogP contribution in [-0.2, 0) is 22.2 Å². The second kappa shape index (κ2) is 7.90. The summed E-state index contributed by atoms with van der Waals surface area (Å²) >= 11 is 8.19. The third-order valence-electron chi connectivity index (χ3n) is 0.805. The van der Waals surface area contributed by atoms with E-state index in [1.165, 1.54) is 0 Å². The summed E-state index contributed by atoms with van der Waals surface area (Å²) in [4.78, 5) is 10.8. The number of nitriles is 1. The molecular weight excluding hydrogens is 205 g/mol. The van der Waals surface area contributed by atoms with Crippen LogP contribution in [0.15, 0.2) is 9.81 Å². The molecular formula is C6H6NNaO2S2. The Morgan fingerprint density at radius 1 is 1.75 bits per heavy atom. The molecule has 0 aliphatic heterocycles. The van der Waals surface area contributed by atoms with Gasteiger partial charge in [0.05, 0.1) is 6.61 Å². The van der Waals surface area contributed by atoms with Crippen molar-refractivity contribution >= 4 is 31.2 Å². The van der Waals surface area contributed by atoms with Gasteiger partial charge in [0.15, 0.2) is 0 Å². The van der Waals surface area contributed by atoms with Crippen LogP contribution in [0.3, 0.4) is 0 Å². The van der Waals surface area contributed by atoms with Gasteiger partial charge in [-0.2, -0.15) is 17.9 Å².